The monoisotopic (exact) mass is 386 g/mol. The van der Waals surface area contributed by atoms with Crippen molar-refractivity contribution in [1.82, 2.24) is 0 Å². The molecule has 6 heteroatoms. The van der Waals surface area contributed by atoms with Crippen LogP contribution in [0.3, 0.4) is 0 Å². The predicted molar refractivity (Wildman–Crippen MR) is 104 cm³/mol. The van der Waals surface area contributed by atoms with Crippen molar-refractivity contribution in [1.29, 1.82) is 0 Å². The van der Waals surface area contributed by atoms with Gasteiger partial charge in [0.2, 0.25) is 0 Å². The van der Waals surface area contributed by atoms with Crippen LogP contribution in [0.1, 0.15) is 31.9 Å². The van der Waals surface area contributed by atoms with Gasteiger partial charge in [0.25, 0.3) is 0 Å². The molecule has 2 atom stereocenters. The molecule has 1 heterocycles. The van der Waals surface area contributed by atoms with Gasteiger partial charge in [-0.05, 0) is 37.1 Å². The highest BCUT2D eigenvalue weighted by atomic mass is 16.6. The third-order valence-corrected chi connectivity index (χ3v) is 5.08. The molecule has 0 unspecified atom stereocenters. The van der Waals surface area contributed by atoms with Gasteiger partial charge in [0, 0.05) is 18.1 Å². The molecule has 0 radical (unpaired) electrons. The third-order valence-electron chi connectivity index (χ3n) is 5.08. The Hall–Kier alpha value is -2.60. The number of methoxy groups -OCH3 is 1. The highest BCUT2D eigenvalue weighted by molar-refractivity contribution is 5.96. The minimum absolute atomic E-state index is 0.199. The first-order valence-electron chi connectivity index (χ1n) is 9.62. The van der Waals surface area contributed by atoms with E-state index >= 15 is 0 Å². The molecule has 6 nitrogen and oxygen atoms in total. The molecule has 0 aliphatic carbocycles. The van der Waals surface area contributed by atoms with Crippen LogP contribution in [0.2, 0.25) is 0 Å². The second-order valence-electron chi connectivity index (χ2n) is 6.63. The summed E-state index contributed by atoms with van der Waals surface area (Å²) in [6, 6.07) is 11.8. The Morgan fingerprint density at radius 1 is 1.07 bits per heavy atom. The summed E-state index contributed by atoms with van der Waals surface area (Å²) >= 11 is 0. The highest BCUT2D eigenvalue weighted by Crippen LogP contribution is 2.46. The van der Waals surface area contributed by atoms with E-state index in [0.717, 1.165) is 16.3 Å². The summed E-state index contributed by atoms with van der Waals surface area (Å²) in [4.78, 5) is 25.3. The Bertz CT molecular complexity index is 828. The van der Waals surface area contributed by atoms with Gasteiger partial charge >= 0.3 is 11.9 Å². The summed E-state index contributed by atoms with van der Waals surface area (Å²) < 4.78 is 22.0. The molecule has 0 N–H and O–H groups in total. The van der Waals surface area contributed by atoms with Crippen molar-refractivity contribution in [3.63, 3.8) is 0 Å². The SMILES string of the molecule is CCOC(=O)C(C(=O)OCC)[C@@H]1CCO[C@H]1c1c(OC)ccc2ccccc12. The van der Waals surface area contributed by atoms with Crippen molar-refractivity contribution >= 4 is 22.7 Å². The Morgan fingerprint density at radius 3 is 2.39 bits per heavy atom. The molecular weight excluding hydrogens is 360 g/mol. The van der Waals surface area contributed by atoms with E-state index in [0.29, 0.717) is 18.8 Å². The second-order valence-corrected chi connectivity index (χ2v) is 6.63. The molecule has 2 aromatic carbocycles. The fraction of sp³-hybridized carbons (Fsp3) is 0.455. The molecule has 0 bridgehead atoms. The van der Waals surface area contributed by atoms with E-state index in [1.165, 1.54) is 0 Å². The first kappa shape index (κ1) is 20.1. The fourth-order valence-corrected chi connectivity index (χ4v) is 3.90. The number of hydrogen-bond acceptors (Lipinski definition) is 6. The first-order valence-corrected chi connectivity index (χ1v) is 9.62. The molecule has 1 fully saturated rings. The normalized spacial score (nSPS) is 19.0. The standard InChI is InChI=1S/C22H26O6/c1-4-26-21(23)19(22(24)27-5-2)16-12-13-28-20(16)18-15-9-7-6-8-14(15)10-11-17(18)25-3/h6-11,16,19-20H,4-5,12-13H2,1-3H3/t16-,20+/m0/s1. The summed E-state index contributed by atoms with van der Waals surface area (Å²) in [6.07, 6.45) is 0.0825. The van der Waals surface area contributed by atoms with Gasteiger partial charge < -0.3 is 18.9 Å². The number of carbonyl (C=O) groups is 2. The van der Waals surface area contributed by atoms with Crippen molar-refractivity contribution in [2.75, 3.05) is 26.9 Å². The topological polar surface area (TPSA) is 71.1 Å². The zero-order valence-corrected chi connectivity index (χ0v) is 16.5. The lowest BCUT2D eigenvalue weighted by atomic mass is 9.82. The molecule has 0 spiro atoms. The average Bonchev–Trinajstić information content (AvgIpc) is 3.16. The largest absolute Gasteiger partial charge is 0.496 e. The quantitative estimate of drug-likeness (QED) is 0.534. The average molecular weight is 386 g/mol. The predicted octanol–water partition coefficient (Wildman–Crippen LogP) is 3.67. The van der Waals surface area contributed by atoms with Gasteiger partial charge in [-0.15, -0.1) is 0 Å². The Labute approximate surface area is 164 Å². The number of rotatable bonds is 7. The van der Waals surface area contributed by atoms with Gasteiger partial charge in [0.1, 0.15) is 5.75 Å². The minimum atomic E-state index is -1.03. The van der Waals surface area contributed by atoms with Gasteiger partial charge in [0.05, 0.1) is 26.4 Å². The number of benzene rings is 2. The van der Waals surface area contributed by atoms with E-state index in [1.54, 1.807) is 21.0 Å². The van der Waals surface area contributed by atoms with Crippen LogP contribution in [0.4, 0.5) is 0 Å². The van der Waals surface area contributed by atoms with E-state index in [1.807, 2.05) is 36.4 Å². The molecule has 3 rings (SSSR count). The van der Waals surface area contributed by atoms with E-state index < -0.39 is 29.9 Å². The summed E-state index contributed by atoms with van der Waals surface area (Å²) in [5.41, 5.74) is 0.849. The number of esters is 2. The van der Waals surface area contributed by atoms with Crippen LogP contribution < -0.4 is 4.74 Å². The van der Waals surface area contributed by atoms with Crippen LogP contribution in [-0.4, -0.2) is 38.9 Å². The molecule has 150 valence electrons. The van der Waals surface area contributed by atoms with Crippen LogP contribution in [0.15, 0.2) is 36.4 Å². The Balaban J connectivity index is 2.07. The third kappa shape index (κ3) is 3.83. The van der Waals surface area contributed by atoms with Crippen molar-refractivity contribution in [3.05, 3.63) is 42.0 Å². The highest BCUT2D eigenvalue weighted by Gasteiger charge is 2.46. The minimum Gasteiger partial charge on any atom is -0.496 e. The molecule has 28 heavy (non-hydrogen) atoms. The Kier molecular flexibility index (Phi) is 6.52. The van der Waals surface area contributed by atoms with Crippen molar-refractivity contribution in [2.45, 2.75) is 26.4 Å². The van der Waals surface area contributed by atoms with Gasteiger partial charge in [-0.25, -0.2) is 0 Å². The van der Waals surface area contributed by atoms with Gasteiger partial charge in [-0.1, -0.05) is 30.3 Å². The molecule has 1 aliphatic heterocycles. The maximum Gasteiger partial charge on any atom is 0.320 e. The lowest BCUT2D eigenvalue weighted by Crippen LogP contribution is -2.36. The van der Waals surface area contributed by atoms with E-state index in [2.05, 4.69) is 0 Å². The smallest absolute Gasteiger partial charge is 0.320 e. The lowest BCUT2D eigenvalue weighted by molar-refractivity contribution is -0.165. The zero-order valence-electron chi connectivity index (χ0n) is 16.5. The summed E-state index contributed by atoms with van der Waals surface area (Å²) in [5, 5.41) is 2.02. The van der Waals surface area contributed by atoms with Crippen LogP contribution in [-0.2, 0) is 23.8 Å². The van der Waals surface area contributed by atoms with Crippen LogP contribution in [0.5, 0.6) is 5.75 Å². The van der Waals surface area contributed by atoms with Crippen molar-refractivity contribution < 1.29 is 28.5 Å². The van der Waals surface area contributed by atoms with Crippen LogP contribution >= 0.6 is 0 Å². The molecule has 0 aromatic heterocycles. The molecule has 1 saturated heterocycles. The van der Waals surface area contributed by atoms with Gasteiger partial charge in [-0.3, -0.25) is 9.59 Å². The first-order chi connectivity index (χ1) is 13.6. The zero-order chi connectivity index (χ0) is 20.1. The summed E-state index contributed by atoms with van der Waals surface area (Å²) in [5.74, 6) is -1.89. The number of carbonyl (C=O) groups excluding carboxylic acids is 2. The maximum atomic E-state index is 12.6. The number of hydrogen-bond donors (Lipinski definition) is 0. The number of fused-ring (bicyclic) bond motifs is 1. The van der Waals surface area contributed by atoms with E-state index in [4.69, 9.17) is 18.9 Å². The van der Waals surface area contributed by atoms with Crippen LogP contribution in [0, 0.1) is 11.8 Å². The molecule has 0 saturated carbocycles. The van der Waals surface area contributed by atoms with Crippen LogP contribution in [0.25, 0.3) is 10.8 Å². The second kappa shape index (κ2) is 9.06. The van der Waals surface area contributed by atoms with Crippen molar-refractivity contribution in [3.8, 4) is 5.75 Å². The summed E-state index contributed by atoms with van der Waals surface area (Å²) in [7, 11) is 1.60. The molecular formula is C22H26O6. The lowest BCUT2D eigenvalue weighted by Gasteiger charge is -2.27. The molecule has 1 aliphatic rings. The summed E-state index contributed by atoms with van der Waals surface area (Å²) in [6.45, 7) is 4.28. The Morgan fingerprint density at radius 2 is 1.75 bits per heavy atom. The van der Waals surface area contributed by atoms with E-state index in [-0.39, 0.29) is 13.2 Å². The van der Waals surface area contributed by atoms with Gasteiger partial charge in [-0.2, -0.15) is 0 Å². The molecule has 0 amide bonds. The fourth-order valence-electron chi connectivity index (χ4n) is 3.90. The number of ether oxygens (including phenoxy) is 4. The van der Waals surface area contributed by atoms with E-state index in [9.17, 15) is 9.59 Å². The van der Waals surface area contributed by atoms with Gasteiger partial charge in [0.15, 0.2) is 5.92 Å². The molecule has 2 aromatic rings. The van der Waals surface area contributed by atoms with Crippen molar-refractivity contribution in [2.24, 2.45) is 11.8 Å². The maximum absolute atomic E-state index is 12.6.